The van der Waals surface area contributed by atoms with Crippen LogP contribution in [0.4, 0.5) is 11.4 Å². The molecule has 0 bridgehead atoms. The van der Waals surface area contributed by atoms with Crippen molar-refractivity contribution in [3.8, 4) is 5.75 Å². The summed E-state index contributed by atoms with van der Waals surface area (Å²) in [6.45, 7) is 3.05. The second-order valence-electron chi connectivity index (χ2n) is 7.01. The molecule has 0 spiro atoms. The highest BCUT2D eigenvalue weighted by molar-refractivity contribution is 7.92. The molecule has 0 amide bonds. The first kappa shape index (κ1) is 19.5. The topological polar surface area (TPSA) is 59.1 Å². The summed E-state index contributed by atoms with van der Waals surface area (Å²) in [6, 6.07) is 23.8. The van der Waals surface area contributed by atoms with Gasteiger partial charge < -0.3 is 9.47 Å². The van der Waals surface area contributed by atoms with Gasteiger partial charge in [0.25, 0.3) is 0 Å². The SMILES string of the molecule is Cc1c(OCC2CO2)cccc1N(c1ccccc1)S(=O)(=O)Cc1ccccc1. The minimum Gasteiger partial charge on any atom is -0.490 e. The van der Waals surface area contributed by atoms with E-state index in [1.54, 1.807) is 12.1 Å². The van der Waals surface area contributed by atoms with Crippen LogP contribution in [-0.2, 0) is 20.5 Å². The molecular weight excluding hydrogens is 386 g/mol. The number of benzene rings is 3. The van der Waals surface area contributed by atoms with E-state index in [4.69, 9.17) is 9.47 Å². The predicted molar refractivity (Wildman–Crippen MR) is 114 cm³/mol. The Balaban J connectivity index is 1.74. The summed E-state index contributed by atoms with van der Waals surface area (Å²) in [5.41, 5.74) is 2.69. The zero-order valence-corrected chi connectivity index (χ0v) is 17.0. The van der Waals surface area contributed by atoms with Crippen LogP contribution < -0.4 is 9.04 Å². The number of anilines is 2. The quantitative estimate of drug-likeness (QED) is 0.516. The minimum absolute atomic E-state index is 0.0941. The van der Waals surface area contributed by atoms with Gasteiger partial charge in [-0.05, 0) is 36.8 Å². The number of sulfonamides is 1. The molecule has 1 fully saturated rings. The molecule has 1 heterocycles. The van der Waals surface area contributed by atoms with Gasteiger partial charge in [0.05, 0.1) is 23.7 Å². The first-order valence-electron chi connectivity index (χ1n) is 9.50. The summed E-state index contributed by atoms with van der Waals surface area (Å²) in [6.07, 6.45) is 0.130. The summed E-state index contributed by atoms with van der Waals surface area (Å²) in [4.78, 5) is 0. The highest BCUT2D eigenvalue weighted by atomic mass is 32.2. The molecule has 0 N–H and O–H groups in total. The smallest absolute Gasteiger partial charge is 0.243 e. The van der Waals surface area contributed by atoms with Gasteiger partial charge in [-0.25, -0.2) is 12.7 Å². The van der Waals surface area contributed by atoms with Gasteiger partial charge in [-0.15, -0.1) is 0 Å². The number of nitrogens with zero attached hydrogens (tertiary/aromatic N) is 1. The third-order valence-corrected chi connectivity index (χ3v) is 6.42. The molecule has 6 heteroatoms. The van der Waals surface area contributed by atoms with Crippen molar-refractivity contribution in [3.05, 3.63) is 90.0 Å². The molecule has 4 rings (SSSR count). The van der Waals surface area contributed by atoms with Crippen molar-refractivity contribution in [2.24, 2.45) is 0 Å². The molecule has 0 radical (unpaired) electrons. The van der Waals surface area contributed by atoms with Crippen LogP contribution in [0, 0.1) is 6.92 Å². The Labute approximate surface area is 171 Å². The Morgan fingerprint density at radius 3 is 2.28 bits per heavy atom. The standard InChI is InChI=1S/C23H23NO4S/c1-18-22(13-8-14-23(18)28-16-21-15-27-21)24(20-11-6-3-7-12-20)29(25,26)17-19-9-4-2-5-10-19/h2-14,21H,15-17H2,1H3. The summed E-state index contributed by atoms with van der Waals surface area (Å²) in [7, 11) is -3.69. The molecule has 3 aromatic rings. The Bertz CT molecular complexity index is 1060. The molecule has 0 aliphatic carbocycles. The molecular formula is C23H23NO4S. The lowest BCUT2D eigenvalue weighted by atomic mass is 10.1. The maximum atomic E-state index is 13.5. The van der Waals surface area contributed by atoms with Crippen molar-refractivity contribution < 1.29 is 17.9 Å². The van der Waals surface area contributed by atoms with Gasteiger partial charge in [-0.1, -0.05) is 54.6 Å². The van der Waals surface area contributed by atoms with Gasteiger partial charge in [-0.3, -0.25) is 0 Å². The van der Waals surface area contributed by atoms with Crippen LogP contribution in [0.3, 0.4) is 0 Å². The highest BCUT2D eigenvalue weighted by Crippen LogP contribution is 2.36. The van der Waals surface area contributed by atoms with Crippen molar-refractivity contribution >= 4 is 21.4 Å². The van der Waals surface area contributed by atoms with Gasteiger partial charge >= 0.3 is 0 Å². The summed E-state index contributed by atoms with van der Waals surface area (Å²) in [5.74, 6) is 0.567. The third kappa shape index (κ3) is 4.60. The number of hydrogen-bond donors (Lipinski definition) is 0. The van der Waals surface area contributed by atoms with Crippen LogP contribution in [0.2, 0.25) is 0 Å². The molecule has 150 valence electrons. The van der Waals surface area contributed by atoms with Crippen molar-refractivity contribution in [2.75, 3.05) is 17.5 Å². The number of ether oxygens (including phenoxy) is 2. The van der Waals surface area contributed by atoms with E-state index in [9.17, 15) is 8.42 Å². The number of hydrogen-bond acceptors (Lipinski definition) is 4. The molecule has 1 aliphatic heterocycles. The number of epoxide rings is 1. The van der Waals surface area contributed by atoms with Gasteiger partial charge in [0, 0.05) is 5.56 Å². The normalized spacial score (nSPS) is 15.7. The van der Waals surface area contributed by atoms with Crippen LogP contribution in [-0.4, -0.2) is 27.7 Å². The van der Waals surface area contributed by atoms with E-state index in [-0.39, 0.29) is 11.9 Å². The van der Waals surface area contributed by atoms with Crippen molar-refractivity contribution in [1.29, 1.82) is 0 Å². The lowest BCUT2D eigenvalue weighted by Gasteiger charge is -2.27. The second-order valence-corrected chi connectivity index (χ2v) is 8.83. The first-order chi connectivity index (χ1) is 14.0. The van der Waals surface area contributed by atoms with Crippen LogP contribution in [0.5, 0.6) is 5.75 Å². The van der Waals surface area contributed by atoms with Crippen molar-refractivity contribution in [3.63, 3.8) is 0 Å². The monoisotopic (exact) mass is 409 g/mol. The van der Waals surface area contributed by atoms with E-state index < -0.39 is 10.0 Å². The van der Waals surface area contributed by atoms with E-state index in [0.29, 0.717) is 30.3 Å². The van der Waals surface area contributed by atoms with E-state index in [1.165, 1.54) is 4.31 Å². The highest BCUT2D eigenvalue weighted by Gasteiger charge is 2.28. The minimum atomic E-state index is -3.69. The molecule has 29 heavy (non-hydrogen) atoms. The van der Waals surface area contributed by atoms with Gasteiger partial charge in [-0.2, -0.15) is 0 Å². The third-order valence-electron chi connectivity index (χ3n) is 4.76. The maximum absolute atomic E-state index is 13.5. The predicted octanol–water partition coefficient (Wildman–Crippen LogP) is 4.44. The Hall–Kier alpha value is -2.83. The van der Waals surface area contributed by atoms with Gasteiger partial charge in [0.1, 0.15) is 18.5 Å². The molecule has 1 atom stereocenters. The largest absolute Gasteiger partial charge is 0.490 e. The average molecular weight is 410 g/mol. The molecule has 0 aromatic heterocycles. The second kappa shape index (κ2) is 8.27. The lowest BCUT2D eigenvalue weighted by molar-refractivity contribution is 0.262. The fourth-order valence-electron chi connectivity index (χ4n) is 3.19. The fraction of sp³-hybridized carbons (Fsp3) is 0.217. The molecule has 1 aliphatic rings. The van der Waals surface area contributed by atoms with E-state index >= 15 is 0 Å². The summed E-state index contributed by atoms with van der Waals surface area (Å²) >= 11 is 0. The maximum Gasteiger partial charge on any atom is 0.243 e. The van der Waals surface area contributed by atoms with Crippen LogP contribution in [0.1, 0.15) is 11.1 Å². The van der Waals surface area contributed by atoms with E-state index in [2.05, 4.69) is 0 Å². The zero-order chi connectivity index (χ0) is 20.3. The molecule has 1 saturated heterocycles. The van der Waals surface area contributed by atoms with Gasteiger partial charge in [0.2, 0.25) is 10.0 Å². The molecule has 3 aromatic carbocycles. The Kier molecular flexibility index (Phi) is 5.56. The molecule has 1 unspecified atom stereocenters. The first-order valence-corrected chi connectivity index (χ1v) is 11.1. The summed E-state index contributed by atoms with van der Waals surface area (Å²) < 4.78 is 39.5. The molecule has 0 saturated carbocycles. The Morgan fingerprint density at radius 2 is 1.62 bits per heavy atom. The van der Waals surface area contributed by atoms with Crippen LogP contribution in [0.15, 0.2) is 78.9 Å². The van der Waals surface area contributed by atoms with Crippen molar-refractivity contribution in [2.45, 2.75) is 18.8 Å². The summed E-state index contributed by atoms with van der Waals surface area (Å²) in [5, 5.41) is 0. The number of rotatable bonds is 8. The average Bonchev–Trinajstić information content (AvgIpc) is 3.54. The number of para-hydroxylation sites is 1. The zero-order valence-electron chi connectivity index (χ0n) is 16.2. The van der Waals surface area contributed by atoms with E-state index in [1.807, 2.05) is 73.7 Å². The van der Waals surface area contributed by atoms with Crippen LogP contribution in [0.25, 0.3) is 0 Å². The Morgan fingerprint density at radius 1 is 0.966 bits per heavy atom. The van der Waals surface area contributed by atoms with Crippen molar-refractivity contribution in [1.82, 2.24) is 0 Å². The lowest BCUT2D eigenvalue weighted by Crippen LogP contribution is -2.28. The fourth-order valence-corrected chi connectivity index (χ4v) is 4.87. The van der Waals surface area contributed by atoms with Crippen LogP contribution >= 0.6 is 0 Å². The van der Waals surface area contributed by atoms with Gasteiger partial charge in [0.15, 0.2) is 0 Å². The van der Waals surface area contributed by atoms with E-state index in [0.717, 1.165) is 11.1 Å². The molecule has 5 nitrogen and oxygen atoms in total.